The molecule has 3 N–H and O–H groups in total. The van der Waals surface area contributed by atoms with Crippen LogP contribution in [0.25, 0.3) is 6.08 Å². The smallest absolute Gasteiger partial charge is 0.244 e. The Bertz CT molecular complexity index is 498. The van der Waals surface area contributed by atoms with Crippen LogP contribution in [0.15, 0.2) is 30.3 Å². The number of hydrogen-bond donors (Lipinski definition) is 2. The molecule has 0 heterocycles. The second-order valence-electron chi connectivity index (χ2n) is 6.38. The Morgan fingerprint density at radius 2 is 1.68 bits per heavy atom. The molecule has 1 aliphatic rings. The number of benzene rings is 1. The summed E-state index contributed by atoms with van der Waals surface area (Å²) >= 11 is 0. The number of amides is 1. The summed E-state index contributed by atoms with van der Waals surface area (Å²) in [6, 6.07) is 7.67. The first kappa shape index (κ1) is 13.7. The molecule has 19 heavy (non-hydrogen) atoms. The molecule has 1 fully saturated rings. The zero-order chi connectivity index (χ0) is 14.3. The number of nitrogen functional groups attached to an aromatic ring is 1. The topological polar surface area (TPSA) is 55.1 Å². The number of hydrogen-bond acceptors (Lipinski definition) is 2. The van der Waals surface area contributed by atoms with Crippen LogP contribution in [0.1, 0.15) is 33.3 Å². The van der Waals surface area contributed by atoms with Crippen LogP contribution in [0.4, 0.5) is 5.69 Å². The van der Waals surface area contributed by atoms with Gasteiger partial charge in [-0.15, -0.1) is 0 Å². The van der Waals surface area contributed by atoms with E-state index < -0.39 is 0 Å². The Balaban J connectivity index is 1.94. The van der Waals surface area contributed by atoms with Gasteiger partial charge in [-0.1, -0.05) is 39.8 Å². The first-order valence-corrected chi connectivity index (χ1v) is 6.59. The highest BCUT2D eigenvalue weighted by molar-refractivity contribution is 5.92. The van der Waals surface area contributed by atoms with Gasteiger partial charge in [0.1, 0.15) is 0 Å². The van der Waals surface area contributed by atoms with Crippen molar-refractivity contribution in [3.63, 3.8) is 0 Å². The van der Waals surface area contributed by atoms with Crippen molar-refractivity contribution >= 4 is 17.7 Å². The van der Waals surface area contributed by atoms with Gasteiger partial charge in [0.25, 0.3) is 0 Å². The van der Waals surface area contributed by atoms with Crippen LogP contribution < -0.4 is 11.1 Å². The molecule has 1 aromatic rings. The molecule has 1 aromatic carbocycles. The van der Waals surface area contributed by atoms with Gasteiger partial charge in [-0.2, -0.15) is 0 Å². The summed E-state index contributed by atoms with van der Waals surface area (Å²) in [6.45, 7) is 8.73. The van der Waals surface area contributed by atoms with Crippen LogP contribution >= 0.6 is 0 Å². The van der Waals surface area contributed by atoms with Crippen molar-refractivity contribution in [2.75, 3.05) is 5.73 Å². The second-order valence-corrected chi connectivity index (χ2v) is 6.38. The zero-order valence-corrected chi connectivity index (χ0v) is 12.0. The highest BCUT2D eigenvalue weighted by Gasteiger charge is 2.65. The van der Waals surface area contributed by atoms with Gasteiger partial charge in [-0.3, -0.25) is 4.79 Å². The fraction of sp³-hybridized carbons (Fsp3) is 0.438. The highest BCUT2D eigenvalue weighted by Crippen LogP contribution is 2.62. The molecule has 0 atom stereocenters. The molecule has 3 nitrogen and oxygen atoms in total. The average molecular weight is 258 g/mol. The minimum Gasteiger partial charge on any atom is -0.399 e. The van der Waals surface area contributed by atoms with E-state index in [1.807, 2.05) is 24.3 Å². The van der Waals surface area contributed by atoms with E-state index in [1.54, 1.807) is 12.2 Å². The van der Waals surface area contributed by atoms with E-state index in [2.05, 4.69) is 33.0 Å². The van der Waals surface area contributed by atoms with Crippen molar-refractivity contribution in [3.8, 4) is 0 Å². The predicted octanol–water partition coefficient (Wildman–Crippen LogP) is 2.83. The van der Waals surface area contributed by atoms with E-state index >= 15 is 0 Å². The standard InChI is InChI=1S/C16H22N2O/c1-15(2)14(16(15,3)4)18-13(19)10-7-11-5-8-12(17)9-6-11/h5-10,14H,17H2,1-4H3,(H,18,19)/b10-7+. The van der Waals surface area contributed by atoms with E-state index in [-0.39, 0.29) is 22.8 Å². The number of rotatable bonds is 3. The van der Waals surface area contributed by atoms with Crippen molar-refractivity contribution in [1.29, 1.82) is 0 Å². The van der Waals surface area contributed by atoms with Crippen LogP contribution in [0.5, 0.6) is 0 Å². The maximum Gasteiger partial charge on any atom is 0.244 e. The quantitative estimate of drug-likeness (QED) is 0.647. The lowest BCUT2D eigenvalue weighted by Crippen LogP contribution is -2.27. The van der Waals surface area contributed by atoms with Crippen LogP contribution in [0, 0.1) is 10.8 Å². The maximum atomic E-state index is 11.9. The summed E-state index contributed by atoms with van der Waals surface area (Å²) in [7, 11) is 0. The summed E-state index contributed by atoms with van der Waals surface area (Å²) in [6.07, 6.45) is 3.38. The monoisotopic (exact) mass is 258 g/mol. The SMILES string of the molecule is CC1(C)C(NC(=O)/C=C/c2ccc(N)cc2)C1(C)C. The van der Waals surface area contributed by atoms with Gasteiger partial charge in [0.2, 0.25) is 5.91 Å². The summed E-state index contributed by atoms with van der Waals surface area (Å²) in [5.74, 6) is -0.0412. The van der Waals surface area contributed by atoms with Crippen molar-refractivity contribution in [1.82, 2.24) is 5.32 Å². The molecular weight excluding hydrogens is 236 g/mol. The van der Waals surface area contributed by atoms with Crippen LogP contribution in [-0.2, 0) is 4.79 Å². The summed E-state index contributed by atoms with van der Waals surface area (Å²) in [5, 5.41) is 3.07. The molecule has 1 saturated carbocycles. The number of nitrogens with two attached hydrogens (primary N) is 1. The largest absolute Gasteiger partial charge is 0.399 e. The van der Waals surface area contributed by atoms with Crippen molar-refractivity contribution < 1.29 is 4.79 Å². The van der Waals surface area contributed by atoms with Crippen molar-refractivity contribution in [3.05, 3.63) is 35.9 Å². The van der Waals surface area contributed by atoms with Crippen LogP contribution in [0.3, 0.4) is 0 Å². The van der Waals surface area contributed by atoms with Gasteiger partial charge in [0.15, 0.2) is 0 Å². The Labute approximate surface area is 114 Å². The number of nitrogens with one attached hydrogen (secondary N) is 1. The van der Waals surface area contributed by atoms with E-state index in [9.17, 15) is 4.79 Å². The Hall–Kier alpha value is -1.77. The third-order valence-electron chi connectivity index (χ3n) is 4.67. The van der Waals surface area contributed by atoms with Crippen molar-refractivity contribution in [2.45, 2.75) is 33.7 Å². The second kappa shape index (κ2) is 4.41. The molecule has 1 amide bonds. The minimum atomic E-state index is -0.0412. The Morgan fingerprint density at radius 3 is 2.16 bits per heavy atom. The van der Waals surface area contributed by atoms with E-state index in [4.69, 9.17) is 5.73 Å². The van der Waals surface area contributed by atoms with E-state index in [0.717, 1.165) is 11.3 Å². The van der Waals surface area contributed by atoms with Gasteiger partial charge < -0.3 is 11.1 Å². The number of carbonyl (C=O) groups is 1. The fourth-order valence-electron chi connectivity index (χ4n) is 2.53. The summed E-state index contributed by atoms with van der Waals surface area (Å²) in [4.78, 5) is 11.9. The van der Waals surface area contributed by atoms with Crippen LogP contribution in [-0.4, -0.2) is 11.9 Å². The first-order chi connectivity index (χ1) is 8.75. The summed E-state index contributed by atoms with van der Waals surface area (Å²) < 4.78 is 0. The molecule has 0 saturated heterocycles. The van der Waals surface area contributed by atoms with E-state index in [0.29, 0.717) is 0 Å². The third kappa shape index (κ3) is 2.50. The lowest BCUT2D eigenvalue weighted by Gasteiger charge is -2.03. The molecule has 0 unspecified atom stereocenters. The minimum absolute atomic E-state index is 0.0412. The first-order valence-electron chi connectivity index (χ1n) is 6.59. The molecule has 0 radical (unpaired) electrons. The van der Waals surface area contributed by atoms with Gasteiger partial charge in [0, 0.05) is 17.8 Å². The molecule has 1 aliphatic carbocycles. The molecular formula is C16H22N2O. The van der Waals surface area contributed by atoms with Gasteiger partial charge in [-0.05, 0) is 34.6 Å². The average Bonchev–Trinajstić information content (AvgIpc) is 2.71. The normalized spacial score (nSPS) is 20.4. The third-order valence-corrected chi connectivity index (χ3v) is 4.67. The molecule has 0 aliphatic heterocycles. The molecule has 102 valence electrons. The fourth-order valence-corrected chi connectivity index (χ4v) is 2.53. The van der Waals surface area contributed by atoms with Gasteiger partial charge in [-0.25, -0.2) is 0 Å². The predicted molar refractivity (Wildman–Crippen MR) is 79.4 cm³/mol. The maximum absolute atomic E-state index is 11.9. The highest BCUT2D eigenvalue weighted by atomic mass is 16.1. The molecule has 2 rings (SSSR count). The Morgan fingerprint density at radius 1 is 1.16 bits per heavy atom. The lowest BCUT2D eigenvalue weighted by molar-refractivity contribution is -0.116. The zero-order valence-electron chi connectivity index (χ0n) is 12.0. The van der Waals surface area contributed by atoms with Gasteiger partial charge >= 0.3 is 0 Å². The lowest BCUT2D eigenvalue weighted by atomic mass is 10.0. The van der Waals surface area contributed by atoms with E-state index in [1.165, 1.54) is 0 Å². The molecule has 0 aromatic heterocycles. The van der Waals surface area contributed by atoms with Crippen molar-refractivity contribution in [2.24, 2.45) is 10.8 Å². The number of anilines is 1. The Kier molecular flexibility index (Phi) is 3.17. The van der Waals surface area contributed by atoms with Gasteiger partial charge in [0.05, 0.1) is 0 Å². The number of carbonyl (C=O) groups excluding carboxylic acids is 1. The molecule has 0 bridgehead atoms. The molecule has 0 spiro atoms. The summed E-state index contributed by atoms with van der Waals surface area (Å²) in [5.41, 5.74) is 7.64. The van der Waals surface area contributed by atoms with Crippen LogP contribution in [0.2, 0.25) is 0 Å². The molecule has 3 heteroatoms.